The van der Waals surface area contributed by atoms with Gasteiger partial charge >= 0.3 is 5.97 Å². The normalized spacial score (nSPS) is 26.9. The van der Waals surface area contributed by atoms with Crippen molar-refractivity contribution in [2.45, 2.75) is 6.42 Å². The number of nitriles is 1. The van der Waals surface area contributed by atoms with Gasteiger partial charge in [-0.25, -0.2) is 9.97 Å². The van der Waals surface area contributed by atoms with E-state index in [2.05, 4.69) is 20.8 Å². The lowest BCUT2D eigenvalue weighted by molar-refractivity contribution is -0.142. The number of esters is 1. The van der Waals surface area contributed by atoms with Gasteiger partial charge in [-0.2, -0.15) is 5.26 Å². The number of carbonyl (C=O) groups excluding carboxylic acids is 1. The minimum atomic E-state index is -0.298. The number of hydrogen-bond donors (Lipinski definition) is 0. The summed E-state index contributed by atoms with van der Waals surface area (Å²) in [5.41, 5.74) is 0.944. The van der Waals surface area contributed by atoms with Crippen LogP contribution in [0.3, 0.4) is 0 Å². The van der Waals surface area contributed by atoms with E-state index in [-0.39, 0.29) is 23.7 Å². The second kappa shape index (κ2) is 4.27. The van der Waals surface area contributed by atoms with E-state index >= 15 is 0 Å². The molecule has 0 amide bonds. The van der Waals surface area contributed by atoms with Crippen molar-refractivity contribution >= 4 is 5.97 Å². The molecule has 1 saturated carbocycles. The van der Waals surface area contributed by atoms with Crippen LogP contribution in [0.5, 0.6) is 0 Å². The summed E-state index contributed by atoms with van der Waals surface area (Å²) < 4.78 is 4.65. The fourth-order valence-electron chi connectivity index (χ4n) is 1.97. The Kier molecular flexibility index (Phi) is 2.82. The number of aromatic nitrogens is 2. The van der Waals surface area contributed by atoms with Crippen molar-refractivity contribution in [3.05, 3.63) is 24.3 Å². The highest BCUT2D eigenvalue weighted by molar-refractivity contribution is 5.77. The van der Waals surface area contributed by atoms with E-state index in [1.165, 1.54) is 13.4 Å². The first-order chi connectivity index (χ1) is 7.77. The van der Waals surface area contributed by atoms with Crippen molar-refractivity contribution in [3.8, 4) is 6.07 Å². The van der Waals surface area contributed by atoms with Crippen LogP contribution in [0.25, 0.3) is 0 Å². The van der Waals surface area contributed by atoms with Crippen LogP contribution in [-0.4, -0.2) is 23.0 Å². The molecule has 0 bridgehead atoms. The second-order valence-electron chi connectivity index (χ2n) is 3.82. The molecular weight excluding hydrogens is 206 g/mol. The molecule has 0 spiro atoms. The summed E-state index contributed by atoms with van der Waals surface area (Å²) in [6.07, 6.45) is 5.51. The maximum Gasteiger partial charge on any atom is 0.310 e. The van der Waals surface area contributed by atoms with Crippen LogP contribution < -0.4 is 0 Å². The van der Waals surface area contributed by atoms with Gasteiger partial charge in [-0.05, 0) is 17.9 Å². The Morgan fingerprint density at radius 1 is 1.56 bits per heavy atom. The molecule has 1 fully saturated rings. The van der Waals surface area contributed by atoms with Crippen molar-refractivity contribution < 1.29 is 9.53 Å². The van der Waals surface area contributed by atoms with Gasteiger partial charge in [0.15, 0.2) is 0 Å². The standard InChI is InChI=1S/C11H11N3O2/c1-16-11(15)10-8(9(10)3-12)2-7-4-13-6-14-5-7/h4-6,8-10H,2H2,1H3. The van der Waals surface area contributed by atoms with Crippen LogP contribution in [-0.2, 0) is 16.0 Å². The molecule has 0 aliphatic heterocycles. The summed E-state index contributed by atoms with van der Waals surface area (Å²) in [5.74, 6) is -0.764. The van der Waals surface area contributed by atoms with E-state index in [9.17, 15) is 4.79 Å². The molecule has 5 heteroatoms. The molecule has 0 radical (unpaired) electrons. The van der Waals surface area contributed by atoms with E-state index in [4.69, 9.17) is 5.26 Å². The molecule has 82 valence electrons. The predicted molar refractivity (Wildman–Crippen MR) is 53.8 cm³/mol. The van der Waals surface area contributed by atoms with Crippen LogP contribution in [0.2, 0.25) is 0 Å². The molecule has 0 N–H and O–H groups in total. The molecule has 16 heavy (non-hydrogen) atoms. The smallest absolute Gasteiger partial charge is 0.310 e. The lowest BCUT2D eigenvalue weighted by Crippen LogP contribution is -2.06. The minimum Gasteiger partial charge on any atom is -0.469 e. The van der Waals surface area contributed by atoms with Crippen LogP contribution >= 0.6 is 0 Å². The number of carbonyl (C=O) groups is 1. The van der Waals surface area contributed by atoms with Crippen molar-refractivity contribution in [1.29, 1.82) is 5.26 Å². The Bertz CT molecular complexity index is 427. The molecule has 1 aromatic rings. The molecule has 0 aromatic carbocycles. The highest BCUT2D eigenvalue weighted by atomic mass is 16.5. The monoisotopic (exact) mass is 217 g/mol. The van der Waals surface area contributed by atoms with Gasteiger partial charge in [0.25, 0.3) is 0 Å². The van der Waals surface area contributed by atoms with E-state index in [1.807, 2.05) is 0 Å². The molecule has 1 aliphatic rings. The van der Waals surface area contributed by atoms with Crippen molar-refractivity contribution in [2.24, 2.45) is 17.8 Å². The number of ether oxygens (including phenoxy) is 1. The van der Waals surface area contributed by atoms with Crippen LogP contribution in [0.4, 0.5) is 0 Å². The molecule has 2 rings (SSSR count). The average Bonchev–Trinajstić information content (AvgIpc) is 3.02. The first-order valence-corrected chi connectivity index (χ1v) is 4.99. The summed E-state index contributed by atoms with van der Waals surface area (Å²) >= 11 is 0. The zero-order valence-electron chi connectivity index (χ0n) is 8.83. The maximum absolute atomic E-state index is 11.3. The molecule has 1 heterocycles. The Balaban J connectivity index is 2.02. The van der Waals surface area contributed by atoms with Gasteiger partial charge in [-0.1, -0.05) is 0 Å². The maximum atomic E-state index is 11.3. The summed E-state index contributed by atoms with van der Waals surface area (Å²) in [6.45, 7) is 0. The molecule has 5 nitrogen and oxygen atoms in total. The zero-order valence-corrected chi connectivity index (χ0v) is 8.83. The molecule has 3 atom stereocenters. The topological polar surface area (TPSA) is 75.9 Å². The van der Waals surface area contributed by atoms with Crippen LogP contribution in [0.1, 0.15) is 5.56 Å². The van der Waals surface area contributed by atoms with E-state index < -0.39 is 0 Å². The molecule has 1 aromatic heterocycles. The third kappa shape index (κ3) is 1.87. The van der Waals surface area contributed by atoms with Crippen LogP contribution in [0, 0.1) is 29.1 Å². The molecule has 0 saturated heterocycles. The van der Waals surface area contributed by atoms with Crippen LogP contribution in [0.15, 0.2) is 18.7 Å². The van der Waals surface area contributed by atoms with E-state index in [1.54, 1.807) is 12.4 Å². The average molecular weight is 217 g/mol. The summed E-state index contributed by atoms with van der Waals surface area (Å²) in [7, 11) is 1.35. The van der Waals surface area contributed by atoms with Gasteiger partial charge in [0.2, 0.25) is 0 Å². The van der Waals surface area contributed by atoms with Gasteiger partial charge in [0.1, 0.15) is 6.33 Å². The largest absolute Gasteiger partial charge is 0.469 e. The summed E-state index contributed by atoms with van der Waals surface area (Å²) in [6, 6.07) is 2.13. The minimum absolute atomic E-state index is 0.0449. The summed E-state index contributed by atoms with van der Waals surface area (Å²) in [4.78, 5) is 19.1. The Morgan fingerprint density at radius 3 is 2.81 bits per heavy atom. The van der Waals surface area contributed by atoms with Gasteiger partial charge in [0, 0.05) is 12.4 Å². The Morgan fingerprint density at radius 2 is 2.25 bits per heavy atom. The highest BCUT2D eigenvalue weighted by Crippen LogP contribution is 2.48. The number of methoxy groups -OCH3 is 1. The zero-order chi connectivity index (χ0) is 11.5. The van der Waals surface area contributed by atoms with Gasteiger partial charge in [-0.15, -0.1) is 0 Å². The number of rotatable bonds is 3. The highest BCUT2D eigenvalue weighted by Gasteiger charge is 2.55. The molecule has 3 unspecified atom stereocenters. The molecular formula is C11H11N3O2. The van der Waals surface area contributed by atoms with Gasteiger partial charge in [0.05, 0.1) is 25.0 Å². The Labute approximate surface area is 93.1 Å². The van der Waals surface area contributed by atoms with Crippen molar-refractivity contribution in [1.82, 2.24) is 9.97 Å². The van der Waals surface area contributed by atoms with Crippen molar-refractivity contribution in [3.63, 3.8) is 0 Å². The first-order valence-electron chi connectivity index (χ1n) is 4.99. The lowest BCUT2D eigenvalue weighted by Gasteiger charge is -1.98. The van der Waals surface area contributed by atoms with E-state index in [0.29, 0.717) is 6.42 Å². The third-order valence-corrected chi connectivity index (χ3v) is 2.88. The quantitative estimate of drug-likeness (QED) is 0.692. The van der Waals surface area contributed by atoms with E-state index in [0.717, 1.165) is 5.56 Å². The first kappa shape index (κ1) is 10.6. The van der Waals surface area contributed by atoms with Gasteiger partial charge in [-0.3, -0.25) is 4.79 Å². The third-order valence-electron chi connectivity index (χ3n) is 2.88. The fourth-order valence-corrected chi connectivity index (χ4v) is 1.97. The Hall–Kier alpha value is -1.96. The SMILES string of the molecule is COC(=O)C1C(C#N)C1Cc1cncnc1. The molecule has 1 aliphatic carbocycles. The predicted octanol–water partition coefficient (Wildman–Crippen LogP) is 0.578. The van der Waals surface area contributed by atoms with Crippen molar-refractivity contribution in [2.75, 3.05) is 7.11 Å². The summed E-state index contributed by atoms with van der Waals surface area (Å²) in [5, 5.41) is 8.88. The lowest BCUT2D eigenvalue weighted by atomic mass is 10.1. The number of hydrogen-bond acceptors (Lipinski definition) is 5. The second-order valence-corrected chi connectivity index (χ2v) is 3.82. The van der Waals surface area contributed by atoms with Gasteiger partial charge < -0.3 is 4.74 Å². The fraction of sp³-hybridized carbons (Fsp3) is 0.455. The number of nitrogens with zero attached hydrogens (tertiary/aromatic N) is 3.